The number of halogens is 3. The van der Waals surface area contributed by atoms with Crippen molar-refractivity contribution in [1.29, 1.82) is 0 Å². The number of amides is 1. The Hall–Kier alpha value is -2.71. The highest BCUT2D eigenvalue weighted by atomic mass is 19.4. The number of hydrogen-bond acceptors (Lipinski definition) is 4. The van der Waals surface area contributed by atoms with E-state index in [1.807, 2.05) is 0 Å². The summed E-state index contributed by atoms with van der Waals surface area (Å²) in [6, 6.07) is 0.394. The van der Waals surface area contributed by atoms with E-state index in [1.54, 1.807) is 0 Å². The van der Waals surface area contributed by atoms with E-state index >= 15 is 0 Å². The molecule has 23 heavy (non-hydrogen) atoms. The zero-order valence-corrected chi connectivity index (χ0v) is 11.7. The molecule has 9 heteroatoms. The summed E-state index contributed by atoms with van der Waals surface area (Å²) in [6.45, 7) is 0.319. The van der Waals surface area contributed by atoms with E-state index in [-0.39, 0.29) is 13.1 Å². The molecule has 0 aliphatic carbocycles. The molecule has 1 aliphatic rings. The monoisotopic (exact) mass is 324 g/mol. The fourth-order valence-electron chi connectivity index (χ4n) is 2.46. The molecule has 0 atom stereocenters. The van der Waals surface area contributed by atoms with Gasteiger partial charge < -0.3 is 9.88 Å². The molecule has 0 radical (unpaired) electrons. The maximum Gasteiger partial charge on any atom is 0.417 e. The van der Waals surface area contributed by atoms with Crippen LogP contribution >= 0.6 is 0 Å². The molecule has 6 nitrogen and oxygen atoms in total. The second-order valence-corrected chi connectivity index (χ2v) is 5.05. The van der Waals surface area contributed by atoms with E-state index in [9.17, 15) is 22.8 Å². The first-order valence-electron chi connectivity index (χ1n) is 6.74. The van der Waals surface area contributed by atoms with Crippen LogP contribution in [0.5, 0.6) is 0 Å². The van der Waals surface area contributed by atoms with Crippen LogP contribution in [0.4, 0.5) is 13.2 Å². The van der Waals surface area contributed by atoms with Crippen LogP contribution in [0.25, 0.3) is 0 Å². The van der Waals surface area contributed by atoms with Crippen molar-refractivity contribution in [1.82, 2.24) is 19.9 Å². The van der Waals surface area contributed by atoms with Crippen LogP contribution in [-0.4, -0.2) is 32.3 Å². The van der Waals surface area contributed by atoms with Crippen molar-refractivity contribution in [3.05, 3.63) is 57.5 Å². The molecule has 1 amide bonds. The molecule has 2 aromatic rings. The fraction of sp³-hybridized carbons (Fsp3) is 0.286. The standard InChI is InChI=1S/C14H11F3N4O2/c15-14(16,17)9-5-12(22)20-6-8(9)13(23)21-4-1-10-11(7-21)19-3-2-18-10/h2-3,5-6H,1,4,7H2,(H,20,22). The third kappa shape index (κ3) is 2.94. The second kappa shape index (κ2) is 5.49. The summed E-state index contributed by atoms with van der Waals surface area (Å²) >= 11 is 0. The predicted molar refractivity (Wildman–Crippen MR) is 72.5 cm³/mol. The Morgan fingerprint density at radius 1 is 1.22 bits per heavy atom. The zero-order chi connectivity index (χ0) is 16.6. The Morgan fingerprint density at radius 3 is 2.61 bits per heavy atom. The molecule has 3 rings (SSSR count). The minimum atomic E-state index is -4.78. The van der Waals surface area contributed by atoms with Crippen molar-refractivity contribution < 1.29 is 18.0 Å². The van der Waals surface area contributed by atoms with Gasteiger partial charge in [-0.3, -0.25) is 19.6 Å². The van der Waals surface area contributed by atoms with Crippen molar-refractivity contribution in [2.75, 3.05) is 6.54 Å². The number of H-pyrrole nitrogens is 1. The minimum Gasteiger partial charge on any atom is -0.332 e. The number of nitrogens with one attached hydrogen (secondary N) is 1. The van der Waals surface area contributed by atoms with Gasteiger partial charge in [-0.1, -0.05) is 0 Å². The number of alkyl halides is 3. The highest BCUT2D eigenvalue weighted by Crippen LogP contribution is 2.31. The number of nitrogens with zero attached hydrogens (tertiary/aromatic N) is 3. The summed E-state index contributed by atoms with van der Waals surface area (Å²) in [5.74, 6) is -0.801. The average molecular weight is 324 g/mol. The quantitative estimate of drug-likeness (QED) is 0.859. The minimum absolute atomic E-state index is 0.0818. The molecule has 0 spiro atoms. The van der Waals surface area contributed by atoms with Gasteiger partial charge >= 0.3 is 6.18 Å². The van der Waals surface area contributed by atoms with Gasteiger partial charge in [0, 0.05) is 37.6 Å². The molecule has 0 unspecified atom stereocenters. The third-order valence-corrected chi connectivity index (χ3v) is 3.57. The number of carbonyl (C=O) groups excluding carboxylic acids is 1. The van der Waals surface area contributed by atoms with Gasteiger partial charge in [-0.25, -0.2) is 0 Å². The average Bonchev–Trinajstić information content (AvgIpc) is 2.53. The highest BCUT2D eigenvalue weighted by Gasteiger charge is 2.37. The predicted octanol–water partition coefficient (Wildman–Crippen LogP) is 1.38. The van der Waals surface area contributed by atoms with E-state index in [0.29, 0.717) is 18.2 Å². The van der Waals surface area contributed by atoms with Gasteiger partial charge in [0.05, 0.1) is 29.1 Å². The number of carbonyl (C=O) groups is 1. The number of aromatic amines is 1. The second-order valence-electron chi connectivity index (χ2n) is 5.05. The molecular formula is C14H11F3N4O2. The van der Waals surface area contributed by atoms with Gasteiger partial charge in [0.2, 0.25) is 5.56 Å². The molecule has 0 bridgehead atoms. The summed E-state index contributed by atoms with van der Waals surface area (Å²) in [6.07, 6.45) is -0.569. The highest BCUT2D eigenvalue weighted by molar-refractivity contribution is 5.95. The Kier molecular flexibility index (Phi) is 3.63. The van der Waals surface area contributed by atoms with Crippen LogP contribution < -0.4 is 5.56 Å². The lowest BCUT2D eigenvalue weighted by atomic mass is 10.1. The SMILES string of the molecule is O=C(c1c[nH]c(=O)cc1C(F)(F)F)N1CCc2nccnc2C1. The molecule has 3 heterocycles. The number of hydrogen-bond donors (Lipinski definition) is 1. The summed E-state index contributed by atoms with van der Waals surface area (Å²) < 4.78 is 39.1. The van der Waals surface area contributed by atoms with Gasteiger partial charge in [-0.05, 0) is 0 Å². The van der Waals surface area contributed by atoms with Crippen LogP contribution in [-0.2, 0) is 19.1 Å². The van der Waals surface area contributed by atoms with Gasteiger partial charge in [-0.2, -0.15) is 13.2 Å². The molecule has 2 aromatic heterocycles. The van der Waals surface area contributed by atoms with Crippen LogP contribution in [0.15, 0.2) is 29.5 Å². The van der Waals surface area contributed by atoms with Gasteiger partial charge in [0.1, 0.15) is 0 Å². The molecule has 0 aromatic carbocycles. The third-order valence-electron chi connectivity index (χ3n) is 3.57. The summed E-state index contributed by atoms with van der Waals surface area (Å²) in [5, 5.41) is 0. The number of rotatable bonds is 1. The number of aromatic nitrogens is 3. The largest absolute Gasteiger partial charge is 0.417 e. The van der Waals surface area contributed by atoms with E-state index < -0.39 is 28.8 Å². The number of fused-ring (bicyclic) bond motifs is 1. The van der Waals surface area contributed by atoms with Crippen LogP contribution in [0.3, 0.4) is 0 Å². The van der Waals surface area contributed by atoms with E-state index in [2.05, 4.69) is 15.0 Å². The molecule has 0 saturated heterocycles. The summed E-state index contributed by atoms with van der Waals surface area (Å²) in [4.78, 5) is 35.2. The van der Waals surface area contributed by atoms with Gasteiger partial charge in [0.15, 0.2) is 0 Å². The normalized spacial score (nSPS) is 14.5. The first-order valence-corrected chi connectivity index (χ1v) is 6.74. The Balaban J connectivity index is 1.95. The lowest BCUT2D eigenvalue weighted by Crippen LogP contribution is -2.38. The van der Waals surface area contributed by atoms with Gasteiger partial charge in [0.25, 0.3) is 5.91 Å². The summed E-state index contributed by atoms with van der Waals surface area (Å²) in [7, 11) is 0. The fourth-order valence-corrected chi connectivity index (χ4v) is 2.46. The van der Waals surface area contributed by atoms with Crippen LogP contribution in [0.2, 0.25) is 0 Å². The Bertz CT molecular complexity index is 816. The van der Waals surface area contributed by atoms with Crippen LogP contribution in [0.1, 0.15) is 27.3 Å². The summed E-state index contributed by atoms with van der Waals surface area (Å²) in [5.41, 5.74) is -1.44. The molecule has 120 valence electrons. The maximum atomic E-state index is 13.0. The smallest absolute Gasteiger partial charge is 0.332 e. The topological polar surface area (TPSA) is 79.0 Å². The lowest BCUT2D eigenvalue weighted by molar-refractivity contribution is -0.138. The molecular weight excluding hydrogens is 313 g/mol. The molecule has 0 fully saturated rings. The van der Waals surface area contributed by atoms with Crippen LogP contribution in [0, 0.1) is 0 Å². The van der Waals surface area contributed by atoms with Crippen molar-refractivity contribution in [3.8, 4) is 0 Å². The van der Waals surface area contributed by atoms with Crippen molar-refractivity contribution in [2.24, 2.45) is 0 Å². The zero-order valence-electron chi connectivity index (χ0n) is 11.7. The molecule has 1 N–H and O–H groups in total. The van der Waals surface area contributed by atoms with Crippen molar-refractivity contribution in [3.63, 3.8) is 0 Å². The molecule has 0 saturated carbocycles. The van der Waals surface area contributed by atoms with Gasteiger partial charge in [-0.15, -0.1) is 0 Å². The first kappa shape index (κ1) is 15.2. The Labute approximate surface area is 128 Å². The van der Waals surface area contributed by atoms with E-state index in [0.717, 1.165) is 11.9 Å². The maximum absolute atomic E-state index is 13.0. The van der Waals surface area contributed by atoms with Crippen molar-refractivity contribution in [2.45, 2.75) is 19.1 Å². The number of pyridine rings is 1. The lowest BCUT2D eigenvalue weighted by Gasteiger charge is -2.28. The molecule has 1 aliphatic heterocycles. The van der Waals surface area contributed by atoms with E-state index in [1.165, 1.54) is 17.3 Å². The van der Waals surface area contributed by atoms with E-state index in [4.69, 9.17) is 0 Å². The first-order chi connectivity index (χ1) is 10.9. The Morgan fingerprint density at radius 2 is 1.91 bits per heavy atom. The van der Waals surface area contributed by atoms with Crippen molar-refractivity contribution >= 4 is 5.91 Å².